The number of carbonyl (C=O) groups is 1. The monoisotopic (exact) mass is 505 g/mol. The first-order valence-electron chi connectivity index (χ1n) is 11.2. The molecular formula is C25H21ClFN7O2. The Morgan fingerprint density at radius 1 is 1.22 bits per heavy atom. The molecule has 5 rings (SSSR count). The molecule has 1 aliphatic heterocycles. The van der Waals surface area contributed by atoms with Crippen molar-refractivity contribution < 1.29 is 14.3 Å². The molecule has 0 aromatic carbocycles. The summed E-state index contributed by atoms with van der Waals surface area (Å²) >= 11 is 5.98. The predicted octanol–water partition coefficient (Wildman–Crippen LogP) is 3.95. The zero-order valence-electron chi connectivity index (χ0n) is 19.2. The van der Waals surface area contributed by atoms with E-state index in [0.717, 1.165) is 23.6 Å². The molecule has 0 atom stereocenters. The summed E-state index contributed by atoms with van der Waals surface area (Å²) in [7, 11) is 0. The van der Waals surface area contributed by atoms with Gasteiger partial charge in [-0.05, 0) is 44.0 Å². The lowest BCUT2D eigenvalue weighted by Crippen LogP contribution is -2.53. The van der Waals surface area contributed by atoms with Crippen LogP contribution < -0.4 is 10.2 Å². The third-order valence-electron chi connectivity index (χ3n) is 6.41. The van der Waals surface area contributed by atoms with E-state index in [-0.39, 0.29) is 16.5 Å². The topological polar surface area (TPSA) is 119 Å². The van der Waals surface area contributed by atoms with Crippen molar-refractivity contribution in [2.24, 2.45) is 0 Å². The minimum Gasteiger partial charge on any atom is -0.506 e. The number of amides is 1. The molecule has 0 spiro atoms. The fourth-order valence-electron chi connectivity index (χ4n) is 4.41. The van der Waals surface area contributed by atoms with Crippen LogP contribution in [-0.4, -0.2) is 49.2 Å². The van der Waals surface area contributed by atoms with Crippen molar-refractivity contribution in [2.75, 3.05) is 18.0 Å². The van der Waals surface area contributed by atoms with E-state index in [4.69, 9.17) is 11.6 Å². The summed E-state index contributed by atoms with van der Waals surface area (Å²) in [6.07, 6.45) is 6.91. The molecule has 0 bridgehead atoms. The van der Waals surface area contributed by atoms with Gasteiger partial charge in [-0.15, -0.1) is 0 Å². The highest BCUT2D eigenvalue weighted by Crippen LogP contribution is 2.32. The van der Waals surface area contributed by atoms with E-state index < -0.39 is 17.3 Å². The van der Waals surface area contributed by atoms with Crippen LogP contribution in [0.3, 0.4) is 0 Å². The largest absolute Gasteiger partial charge is 0.506 e. The number of nitrogens with zero attached hydrogens (tertiary/aromatic N) is 6. The highest BCUT2D eigenvalue weighted by molar-refractivity contribution is 6.33. The Bertz CT molecular complexity index is 1510. The Morgan fingerprint density at radius 3 is 2.67 bits per heavy atom. The van der Waals surface area contributed by atoms with Crippen LogP contribution in [0.2, 0.25) is 5.02 Å². The lowest BCUT2D eigenvalue weighted by Gasteiger charge is -2.40. The number of nitrogens with one attached hydrogen (secondary N) is 1. The summed E-state index contributed by atoms with van der Waals surface area (Å²) in [5.41, 5.74) is 1.93. The first kappa shape index (κ1) is 23.5. The molecule has 1 amide bonds. The Kier molecular flexibility index (Phi) is 5.94. The van der Waals surface area contributed by atoms with Gasteiger partial charge in [0.05, 0.1) is 34.7 Å². The summed E-state index contributed by atoms with van der Waals surface area (Å²) in [6, 6.07) is 8.57. The molecule has 4 aromatic rings. The van der Waals surface area contributed by atoms with E-state index in [1.807, 2.05) is 19.1 Å². The molecule has 36 heavy (non-hydrogen) atoms. The van der Waals surface area contributed by atoms with Crippen LogP contribution in [0.1, 0.15) is 35.8 Å². The summed E-state index contributed by atoms with van der Waals surface area (Å²) in [4.78, 5) is 23.2. The summed E-state index contributed by atoms with van der Waals surface area (Å²) < 4.78 is 14.7. The fourth-order valence-corrected chi connectivity index (χ4v) is 4.65. The van der Waals surface area contributed by atoms with Gasteiger partial charge in [-0.2, -0.15) is 10.4 Å². The van der Waals surface area contributed by atoms with Crippen molar-refractivity contribution in [3.8, 4) is 22.9 Å². The molecule has 0 radical (unpaired) electrons. The predicted molar refractivity (Wildman–Crippen MR) is 131 cm³/mol. The number of carbonyl (C=O) groups excluding carboxylic acids is 1. The molecular weight excluding hydrogens is 485 g/mol. The Labute approximate surface area is 210 Å². The third-order valence-corrected chi connectivity index (χ3v) is 6.69. The average Bonchev–Trinajstić information content (AvgIpc) is 3.26. The van der Waals surface area contributed by atoms with Gasteiger partial charge in [0.15, 0.2) is 0 Å². The highest BCUT2D eigenvalue weighted by Gasteiger charge is 2.33. The van der Waals surface area contributed by atoms with Gasteiger partial charge in [0.1, 0.15) is 29.1 Å². The number of hydrogen-bond donors (Lipinski definition) is 2. The normalized spacial score (nSPS) is 15.0. The Balaban J connectivity index is 1.29. The van der Waals surface area contributed by atoms with E-state index in [1.54, 1.807) is 12.3 Å². The number of fused-ring (bicyclic) bond motifs is 1. The van der Waals surface area contributed by atoms with Crippen LogP contribution in [0.25, 0.3) is 16.6 Å². The number of pyridine rings is 3. The van der Waals surface area contributed by atoms with Crippen LogP contribution in [0.4, 0.5) is 10.2 Å². The molecule has 1 saturated heterocycles. The number of nitriles is 1. The molecule has 0 aliphatic carbocycles. The second-order valence-corrected chi connectivity index (χ2v) is 9.37. The minimum atomic E-state index is -0.598. The lowest BCUT2D eigenvalue weighted by molar-refractivity contribution is 0.0886. The number of anilines is 1. The second-order valence-electron chi connectivity index (χ2n) is 8.97. The summed E-state index contributed by atoms with van der Waals surface area (Å²) in [6.45, 7) is 3.28. The molecule has 0 saturated carbocycles. The second kappa shape index (κ2) is 9.09. The van der Waals surface area contributed by atoms with Gasteiger partial charge in [-0.25, -0.2) is 18.9 Å². The molecule has 9 nitrogen and oxygen atoms in total. The highest BCUT2D eigenvalue weighted by atomic mass is 35.5. The smallest absolute Gasteiger partial charge is 0.271 e. The maximum atomic E-state index is 13.3. The Morgan fingerprint density at radius 2 is 2.00 bits per heavy atom. The molecule has 1 aliphatic rings. The number of hydrogen-bond acceptors (Lipinski definition) is 7. The number of halogens is 2. The van der Waals surface area contributed by atoms with Gasteiger partial charge in [0.25, 0.3) is 5.91 Å². The fraction of sp³-hybridized carbons (Fsp3) is 0.240. The number of aromatic nitrogens is 4. The maximum absolute atomic E-state index is 13.3. The SMILES string of the molecule is CC1(NC(=O)c2ncc(F)cc2Cl)CCN(c2ccc(-c3cc(O)cn4ncc(C#N)c34)cn2)CC1. The molecule has 4 aromatic heterocycles. The van der Waals surface area contributed by atoms with Crippen LogP contribution in [0, 0.1) is 17.1 Å². The van der Waals surface area contributed by atoms with Gasteiger partial charge < -0.3 is 15.3 Å². The van der Waals surface area contributed by atoms with Gasteiger partial charge in [-0.3, -0.25) is 4.79 Å². The third kappa shape index (κ3) is 4.41. The van der Waals surface area contributed by atoms with Gasteiger partial charge in [-0.1, -0.05) is 11.6 Å². The molecule has 182 valence electrons. The van der Waals surface area contributed by atoms with Crippen molar-refractivity contribution >= 4 is 28.8 Å². The minimum absolute atomic E-state index is 0.00206. The zero-order chi connectivity index (χ0) is 25.4. The summed E-state index contributed by atoms with van der Waals surface area (Å²) in [5.74, 6) is -0.226. The van der Waals surface area contributed by atoms with E-state index in [0.29, 0.717) is 42.6 Å². The molecule has 1 fully saturated rings. The Hall–Kier alpha value is -4.23. The average molecular weight is 506 g/mol. The number of aromatic hydroxyl groups is 1. The standard InChI is InChI=1S/C25H21ClFN7O2/c1-25(32-24(36)22-20(26)8-17(27)13-30-22)4-6-33(7-5-25)21-3-2-15(11-29-21)19-9-18(35)14-34-23(19)16(10-28)12-31-34/h2-3,8-9,11-14,35H,4-7H2,1H3,(H,32,36). The first-order valence-corrected chi connectivity index (χ1v) is 11.6. The van der Waals surface area contributed by atoms with Gasteiger partial charge in [0.2, 0.25) is 0 Å². The molecule has 2 N–H and O–H groups in total. The van der Waals surface area contributed by atoms with Crippen molar-refractivity contribution in [3.05, 3.63) is 71.2 Å². The number of piperidine rings is 1. The lowest BCUT2D eigenvalue weighted by atomic mass is 9.89. The van der Waals surface area contributed by atoms with Crippen LogP contribution >= 0.6 is 11.6 Å². The van der Waals surface area contributed by atoms with Crippen molar-refractivity contribution in [1.29, 1.82) is 5.26 Å². The number of rotatable bonds is 4. The van der Waals surface area contributed by atoms with E-state index in [9.17, 15) is 19.6 Å². The van der Waals surface area contributed by atoms with Crippen molar-refractivity contribution in [2.45, 2.75) is 25.3 Å². The van der Waals surface area contributed by atoms with Crippen LogP contribution in [0.5, 0.6) is 5.75 Å². The van der Waals surface area contributed by atoms with Crippen molar-refractivity contribution in [3.63, 3.8) is 0 Å². The molecule has 0 unspecified atom stereocenters. The maximum Gasteiger partial charge on any atom is 0.271 e. The van der Waals surface area contributed by atoms with Gasteiger partial charge >= 0.3 is 0 Å². The quantitative estimate of drug-likeness (QED) is 0.431. The van der Waals surface area contributed by atoms with E-state index in [2.05, 4.69) is 31.4 Å². The van der Waals surface area contributed by atoms with Crippen LogP contribution in [-0.2, 0) is 0 Å². The van der Waals surface area contributed by atoms with Crippen molar-refractivity contribution in [1.82, 2.24) is 24.9 Å². The first-order chi connectivity index (χ1) is 17.3. The zero-order valence-corrected chi connectivity index (χ0v) is 20.0. The summed E-state index contributed by atoms with van der Waals surface area (Å²) in [5, 5.41) is 26.6. The molecule has 5 heterocycles. The van der Waals surface area contributed by atoms with E-state index in [1.165, 1.54) is 16.9 Å². The van der Waals surface area contributed by atoms with E-state index >= 15 is 0 Å². The van der Waals surface area contributed by atoms with Gasteiger partial charge in [0, 0.05) is 36.0 Å². The van der Waals surface area contributed by atoms with Crippen LogP contribution in [0.15, 0.2) is 49.1 Å². The molecule has 11 heteroatoms.